The largest absolute Gasteiger partial charge is 0.453 e. The molecule has 0 aromatic heterocycles. The monoisotopic (exact) mass is 401 g/mol. The summed E-state index contributed by atoms with van der Waals surface area (Å²) in [7, 11) is 1.28. The van der Waals surface area contributed by atoms with E-state index in [4.69, 9.17) is 0 Å². The lowest BCUT2D eigenvalue weighted by Gasteiger charge is -2.39. The zero-order valence-electron chi connectivity index (χ0n) is 17.4. The maximum atomic E-state index is 12.6. The SMILES string of the molecule is COC(=O)NC(C)C(=O)N1CCC2(CC1)CC(=O)N(CCCc1ccccc1)C2. The number of methoxy groups -OCH3 is 1. The van der Waals surface area contributed by atoms with Crippen molar-refractivity contribution in [2.24, 2.45) is 5.41 Å². The van der Waals surface area contributed by atoms with Crippen LogP contribution in [0.3, 0.4) is 0 Å². The van der Waals surface area contributed by atoms with Crippen LogP contribution in [0.4, 0.5) is 4.79 Å². The summed E-state index contributed by atoms with van der Waals surface area (Å²) in [6.45, 7) is 4.49. The van der Waals surface area contributed by atoms with Crippen LogP contribution in [0.1, 0.15) is 38.2 Å². The van der Waals surface area contributed by atoms with Crippen LogP contribution < -0.4 is 5.32 Å². The molecule has 0 radical (unpaired) electrons. The maximum absolute atomic E-state index is 12.6. The molecular weight excluding hydrogens is 370 g/mol. The number of nitrogens with one attached hydrogen (secondary N) is 1. The molecule has 1 unspecified atom stereocenters. The molecule has 3 amide bonds. The van der Waals surface area contributed by atoms with Crippen molar-refractivity contribution >= 4 is 17.9 Å². The van der Waals surface area contributed by atoms with Gasteiger partial charge in [0.05, 0.1) is 7.11 Å². The second kappa shape index (κ2) is 9.29. The molecule has 0 aliphatic carbocycles. The number of likely N-dealkylation sites (tertiary alicyclic amines) is 2. The second-order valence-corrected chi connectivity index (χ2v) is 8.26. The molecule has 1 aromatic rings. The molecule has 2 saturated heterocycles. The number of benzene rings is 1. The first kappa shape index (κ1) is 21.1. The van der Waals surface area contributed by atoms with E-state index in [2.05, 4.69) is 22.2 Å². The minimum atomic E-state index is -0.615. The number of aryl methyl sites for hydroxylation is 1. The molecule has 0 saturated carbocycles. The van der Waals surface area contributed by atoms with Crippen LogP contribution >= 0.6 is 0 Å². The van der Waals surface area contributed by atoms with Crippen LogP contribution in [0, 0.1) is 5.41 Å². The molecule has 29 heavy (non-hydrogen) atoms. The molecule has 3 rings (SSSR count). The number of carbonyl (C=O) groups is 3. The minimum Gasteiger partial charge on any atom is -0.453 e. The van der Waals surface area contributed by atoms with Crippen molar-refractivity contribution < 1.29 is 19.1 Å². The quantitative estimate of drug-likeness (QED) is 0.793. The van der Waals surface area contributed by atoms with Crippen LogP contribution in [0.5, 0.6) is 0 Å². The highest BCUT2D eigenvalue weighted by molar-refractivity contribution is 5.85. The predicted octanol–water partition coefficient (Wildman–Crippen LogP) is 2.20. The predicted molar refractivity (Wildman–Crippen MR) is 109 cm³/mol. The second-order valence-electron chi connectivity index (χ2n) is 8.26. The summed E-state index contributed by atoms with van der Waals surface area (Å²) in [5.41, 5.74) is 1.29. The van der Waals surface area contributed by atoms with E-state index in [0.29, 0.717) is 19.5 Å². The Balaban J connectivity index is 1.46. The maximum Gasteiger partial charge on any atom is 0.407 e. The van der Waals surface area contributed by atoms with E-state index in [-0.39, 0.29) is 17.2 Å². The number of rotatable bonds is 6. The summed E-state index contributed by atoms with van der Waals surface area (Å²) in [5.74, 6) is 0.132. The van der Waals surface area contributed by atoms with Crippen LogP contribution in [-0.4, -0.2) is 67.0 Å². The number of alkyl carbamates (subject to hydrolysis) is 1. The van der Waals surface area contributed by atoms with E-state index in [9.17, 15) is 14.4 Å². The average Bonchev–Trinajstić information content (AvgIpc) is 3.03. The van der Waals surface area contributed by atoms with Gasteiger partial charge in [-0.25, -0.2) is 4.79 Å². The van der Waals surface area contributed by atoms with E-state index < -0.39 is 12.1 Å². The van der Waals surface area contributed by atoms with Crippen LogP contribution in [-0.2, 0) is 20.7 Å². The summed E-state index contributed by atoms with van der Waals surface area (Å²) < 4.78 is 4.55. The Morgan fingerprint density at radius 3 is 2.55 bits per heavy atom. The number of carbonyl (C=O) groups excluding carboxylic acids is 3. The third-order valence-corrected chi connectivity index (χ3v) is 6.17. The topological polar surface area (TPSA) is 79.0 Å². The lowest BCUT2D eigenvalue weighted by atomic mass is 9.77. The lowest BCUT2D eigenvalue weighted by molar-refractivity contribution is -0.135. The van der Waals surface area contributed by atoms with Crippen molar-refractivity contribution in [3.63, 3.8) is 0 Å². The van der Waals surface area contributed by atoms with Gasteiger partial charge in [0.2, 0.25) is 11.8 Å². The molecule has 7 nitrogen and oxygen atoms in total. The fraction of sp³-hybridized carbons (Fsp3) is 0.591. The zero-order valence-corrected chi connectivity index (χ0v) is 17.4. The molecule has 1 aromatic carbocycles. The van der Waals surface area contributed by atoms with Crippen LogP contribution in [0.25, 0.3) is 0 Å². The van der Waals surface area contributed by atoms with Crippen molar-refractivity contribution in [2.45, 2.75) is 45.1 Å². The standard InChI is InChI=1S/C22H31N3O4/c1-17(23-21(28)29-2)20(27)24-13-10-22(11-14-24)15-19(26)25(16-22)12-6-9-18-7-4-3-5-8-18/h3-5,7-8,17H,6,9-16H2,1-2H3,(H,23,28). The third kappa shape index (κ3) is 5.28. The Hall–Kier alpha value is -2.57. The Morgan fingerprint density at radius 2 is 1.90 bits per heavy atom. The number of hydrogen-bond acceptors (Lipinski definition) is 4. The van der Waals surface area contributed by atoms with Crippen molar-refractivity contribution in [3.8, 4) is 0 Å². The van der Waals surface area contributed by atoms with Crippen molar-refractivity contribution in [1.82, 2.24) is 15.1 Å². The van der Waals surface area contributed by atoms with Gasteiger partial charge in [-0.05, 0) is 38.2 Å². The third-order valence-electron chi connectivity index (χ3n) is 6.17. The zero-order chi connectivity index (χ0) is 20.9. The fourth-order valence-corrected chi connectivity index (χ4v) is 4.41. The van der Waals surface area contributed by atoms with E-state index in [1.807, 2.05) is 23.1 Å². The number of ether oxygens (including phenoxy) is 1. The van der Waals surface area contributed by atoms with Crippen molar-refractivity contribution in [2.75, 3.05) is 33.3 Å². The molecule has 1 spiro atoms. The number of amides is 3. The normalized spacial score (nSPS) is 19.3. The Labute approximate surface area is 172 Å². The van der Waals surface area contributed by atoms with Gasteiger partial charge in [-0.15, -0.1) is 0 Å². The van der Waals surface area contributed by atoms with E-state index in [0.717, 1.165) is 38.8 Å². The Morgan fingerprint density at radius 1 is 1.21 bits per heavy atom. The molecule has 2 aliphatic rings. The fourth-order valence-electron chi connectivity index (χ4n) is 4.41. The number of piperidine rings is 1. The average molecular weight is 402 g/mol. The van der Waals surface area contributed by atoms with Crippen LogP contribution in [0.2, 0.25) is 0 Å². The molecule has 2 fully saturated rings. The first-order valence-electron chi connectivity index (χ1n) is 10.4. The smallest absolute Gasteiger partial charge is 0.407 e. The summed E-state index contributed by atoms with van der Waals surface area (Å²) in [6, 6.07) is 9.73. The van der Waals surface area contributed by atoms with Gasteiger partial charge in [0.15, 0.2) is 0 Å². The summed E-state index contributed by atoms with van der Waals surface area (Å²) >= 11 is 0. The molecule has 2 heterocycles. The molecule has 158 valence electrons. The van der Waals surface area contributed by atoms with E-state index in [1.54, 1.807) is 11.8 Å². The first-order chi connectivity index (χ1) is 13.9. The van der Waals surface area contributed by atoms with Gasteiger partial charge in [-0.2, -0.15) is 0 Å². The van der Waals surface area contributed by atoms with Gasteiger partial charge >= 0.3 is 6.09 Å². The van der Waals surface area contributed by atoms with Gasteiger partial charge in [-0.1, -0.05) is 30.3 Å². The van der Waals surface area contributed by atoms with Gasteiger partial charge < -0.3 is 19.9 Å². The lowest BCUT2D eigenvalue weighted by Crippen LogP contribution is -2.51. The highest BCUT2D eigenvalue weighted by atomic mass is 16.5. The molecule has 2 aliphatic heterocycles. The Kier molecular flexibility index (Phi) is 6.77. The summed E-state index contributed by atoms with van der Waals surface area (Å²) in [5, 5.41) is 2.52. The minimum absolute atomic E-state index is 0.0143. The molecule has 0 bridgehead atoms. The van der Waals surface area contributed by atoms with Gasteiger partial charge in [-0.3, -0.25) is 9.59 Å². The van der Waals surface area contributed by atoms with Crippen molar-refractivity contribution in [1.29, 1.82) is 0 Å². The van der Waals surface area contributed by atoms with Crippen LogP contribution in [0.15, 0.2) is 30.3 Å². The molecule has 1 N–H and O–H groups in total. The number of hydrogen-bond donors (Lipinski definition) is 1. The summed E-state index contributed by atoms with van der Waals surface area (Å²) in [4.78, 5) is 40.2. The number of nitrogens with zero attached hydrogens (tertiary/aromatic N) is 2. The highest BCUT2D eigenvalue weighted by Crippen LogP contribution is 2.41. The van der Waals surface area contributed by atoms with Gasteiger partial charge in [0.1, 0.15) is 6.04 Å². The molecular formula is C22H31N3O4. The van der Waals surface area contributed by atoms with E-state index in [1.165, 1.54) is 12.7 Å². The summed E-state index contributed by atoms with van der Waals surface area (Å²) in [6.07, 6.45) is 3.57. The van der Waals surface area contributed by atoms with Gasteiger partial charge in [0, 0.05) is 38.0 Å². The highest BCUT2D eigenvalue weighted by Gasteiger charge is 2.45. The Bertz CT molecular complexity index is 729. The molecule has 7 heteroatoms. The van der Waals surface area contributed by atoms with E-state index >= 15 is 0 Å². The van der Waals surface area contributed by atoms with Gasteiger partial charge in [0.25, 0.3) is 0 Å². The first-order valence-corrected chi connectivity index (χ1v) is 10.4. The molecule has 1 atom stereocenters. The van der Waals surface area contributed by atoms with Crippen molar-refractivity contribution in [3.05, 3.63) is 35.9 Å².